The molecule has 0 bridgehead atoms. The number of rotatable bonds is 4. The number of nitrogens with zero attached hydrogens (tertiary/aromatic N) is 2. The van der Waals surface area contributed by atoms with Crippen molar-refractivity contribution in [2.45, 2.75) is 13.8 Å². The minimum absolute atomic E-state index is 0.235. The first-order valence-corrected chi connectivity index (χ1v) is 7.75. The van der Waals surface area contributed by atoms with Crippen molar-refractivity contribution in [1.29, 1.82) is 0 Å². The van der Waals surface area contributed by atoms with Crippen LogP contribution in [0.3, 0.4) is 0 Å². The lowest BCUT2D eigenvalue weighted by Crippen LogP contribution is -2.15. The van der Waals surface area contributed by atoms with Crippen LogP contribution in [-0.2, 0) is 0 Å². The Hall–Kier alpha value is -3.28. The average molecular weight is 336 g/mol. The summed E-state index contributed by atoms with van der Waals surface area (Å²) in [6.07, 6.45) is 1.50. The Morgan fingerprint density at radius 1 is 0.960 bits per heavy atom. The van der Waals surface area contributed by atoms with E-state index in [0.29, 0.717) is 11.4 Å². The third-order valence-electron chi connectivity index (χ3n) is 3.47. The maximum atomic E-state index is 12.9. The number of aryl methyl sites for hydroxylation is 2. The van der Waals surface area contributed by atoms with Crippen LogP contribution in [-0.4, -0.2) is 15.9 Å². The molecule has 0 unspecified atom stereocenters. The number of anilines is 3. The number of nitrogens with one attached hydrogen (secondary N) is 2. The first kappa shape index (κ1) is 16.6. The molecule has 0 spiro atoms. The molecule has 0 aliphatic rings. The van der Waals surface area contributed by atoms with Crippen molar-refractivity contribution in [2.75, 3.05) is 10.6 Å². The first-order valence-electron chi connectivity index (χ1n) is 7.75. The molecule has 0 atom stereocenters. The van der Waals surface area contributed by atoms with Gasteiger partial charge in [-0.25, -0.2) is 14.4 Å². The summed E-state index contributed by atoms with van der Waals surface area (Å²) in [7, 11) is 0. The van der Waals surface area contributed by atoms with Gasteiger partial charge >= 0.3 is 0 Å². The minimum atomic E-state index is -0.326. The fourth-order valence-electron chi connectivity index (χ4n) is 2.45. The summed E-state index contributed by atoms with van der Waals surface area (Å²) < 4.78 is 12.9. The number of aromatic nitrogens is 2. The topological polar surface area (TPSA) is 66.9 Å². The summed E-state index contributed by atoms with van der Waals surface area (Å²) in [6.45, 7) is 3.94. The molecule has 5 nitrogen and oxygen atoms in total. The van der Waals surface area contributed by atoms with Gasteiger partial charge in [0.25, 0.3) is 5.91 Å². The normalized spacial score (nSPS) is 10.4. The molecule has 0 saturated carbocycles. The standard InChI is InChI=1S/C19H17FN4O/c1-12-9-13(2)11-16(10-12)22-18(25)17-7-8-21-19(24-17)23-15-5-3-14(20)4-6-15/h3-11H,1-2H3,(H,22,25)(H,21,23,24). The Labute approximate surface area is 145 Å². The molecule has 3 rings (SSSR count). The monoisotopic (exact) mass is 336 g/mol. The number of amides is 1. The van der Waals surface area contributed by atoms with Gasteiger partial charge in [0.15, 0.2) is 0 Å². The number of carbonyl (C=O) groups is 1. The van der Waals surface area contributed by atoms with Crippen molar-refractivity contribution in [3.8, 4) is 0 Å². The van der Waals surface area contributed by atoms with E-state index in [2.05, 4.69) is 20.6 Å². The van der Waals surface area contributed by atoms with Crippen LogP contribution in [0.5, 0.6) is 0 Å². The molecule has 0 aliphatic carbocycles. The van der Waals surface area contributed by atoms with Crippen molar-refractivity contribution in [3.63, 3.8) is 0 Å². The molecule has 126 valence electrons. The van der Waals surface area contributed by atoms with E-state index >= 15 is 0 Å². The third-order valence-corrected chi connectivity index (χ3v) is 3.47. The molecule has 0 radical (unpaired) electrons. The lowest BCUT2D eigenvalue weighted by atomic mass is 10.1. The lowest BCUT2D eigenvalue weighted by molar-refractivity contribution is 0.102. The van der Waals surface area contributed by atoms with Gasteiger partial charge in [-0.1, -0.05) is 6.07 Å². The van der Waals surface area contributed by atoms with Gasteiger partial charge in [-0.15, -0.1) is 0 Å². The van der Waals surface area contributed by atoms with E-state index in [-0.39, 0.29) is 23.4 Å². The molecule has 1 heterocycles. The summed E-state index contributed by atoms with van der Waals surface area (Å²) in [5, 5.41) is 5.77. The second kappa shape index (κ2) is 7.09. The highest BCUT2D eigenvalue weighted by Gasteiger charge is 2.10. The van der Waals surface area contributed by atoms with E-state index in [1.807, 2.05) is 32.0 Å². The van der Waals surface area contributed by atoms with Crippen LogP contribution in [0.4, 0.5) is 21.7 Å². The minimum Gasteiger partial charge on any atom is -0.324 e. The second-order valence-corrected chi connectivity index (χ2v) is 5.73. The maximum Gasteiger partial charge on any atom is 0.274 e. The van der Waals surface area contributed by atoms with Crippen molar-refractivity contribution in [2.24, 2.45) is 0 Å². The predicted molar refractivity (Wildman–Crippen MR) is 95.6 cm³/mol. The molecule has 25 heavy (non-hydrogen) atoms. The van der Waals surface area contributed by atoms with Crippen molar-refractivity contribution in [3.05, 3.63) is 77.4 Å². The molecular formula is C19H17FN4O. The van der Waals surface area contributed by atoms with Crippen molar-refractivity contribution in [1.82, 2.24) is 9.97 Å². The van der Waals surface area contributed by atoms with E-state index < -0.39 is 0 Å². The first-order chi connectivity index (χ1) is 12.0. The number of halogens is 1. The van der Waals surface area contributed by atoms with Crippen LogP contribution in [0, 0.1) is 19.7 Å². The number of benzene rings is 2. The molecule has 1 amide bonds. The third kappa shape index (κ3) is 4.38. The van der Waals surface area contributed by atoms with Crippen LogP contribution in [0.1, 0.15) is 21.6 Å². The Kier molecular flexibility index (Phi) is 4.70. The van der Waals surface area contributed by atoms with Gasteiger partial charge in [0, 0.05) is 17.6 Å². The highest BCUT2D eigenvalue weighted by Crippen LogP contribution is 2.16. The van der Waals surface area contributed by atoms with Crippen LogP contribution in [0.2, 0.25) is 0 Å². The zero-order valence-corrected chi connectivity index (χ0v) is 13.9. The average Bonchev–Trinajstić information content (AvgIpc) is 2.56. The largest absolute Gasteiger partial charge is 0.324 e. The molecule has 2 N–H and O–H groups in total. The van der Waals surface area contributed by atoms with Crippen LogP contribution < -0.4 is 10.6 Å². The van der Waals surface area contributed by atoms with Gasteiger partial charge in [0.2, 0.25) is 5.95 Å². The number of hydrogen-bond donors (Lipinski definition) is 2. The molecule has 0 saturated heterocycles. The zero-order valence-electron chi connectivity index (χ0n) is 13.9. The summed E-state index contributed by atoms with van der Waals surface area (Å²) in [5.41, 5.74) is 3.72. The Balaban J connectivity index is 1.76. The summed E-state index contributed by atoms with van der Waals surface area (Å²) in [6, 6.07) is 13.2. The highest BCUT2D eigenvalue weighted by molar-refractivity contribution is 6.03. The van der Waals surface area contributed by atoms with Gasteiger partial charge < -0.3 is 10.6 Å². The number of carbonyl (C=O) groups excluding carboxylic acids is 1. The molecule has 0 fully saturated rings. The molecule has 1 aromatic heterocycles. The predicted octanol–water partition coefficient (Wildman–Crippen LogP) is 4.23. The highest BCUT2D eigenvalue weighted by atomic mass is 19.1. The molecule has 3 aromatic rings. The van der Waals surface area contributed by atoms with Gasteiger partial charge in [0.05, 0.1) is 0 Å². The SMILES string of the molecule is Cc1cc(C)cc(NC(=O)c2ccnc(Nc3ccc(F)cc3)n2)c1. The molecule has 6 heteroatoms. The molecule has 0 aliphatic heterocycles. The lowest BCUT2D eigenvalue weighted by Gasteiger charge is -2.09. The van der Waals surface area contributed by atoms with E-state index in [9.17, 15) is 9.18 Å². The Morgan fingerprint density at radius 3 is 2.32 bits per heavy atom. The number of hydrogen-bond acceptors (Lipinski definition) is 4. The maximum absolute atomic E-state index is 12.9. The summed E-state index contributed by atoms with van der Waals surface area (Å²) in [4.78, 5) is 20.7. The second-order valence-electron chi connectivity index (χ2n) is 5.73. The van der Waals surface area contributed by atoms with E-state index in [1.54, 1.807) is 12.1 Å². The van der Waals surface area contributed by atoms with Gasteiger partial charge in [-0.2, -0.15) is 0 Å². The van der Waals surface area contributed by atoms with Crippen LogP contribution >= 0.6 is 0 Å². The smallest absolute Gasteiger partial charge is 0.274 e. The molecule has 2 aromatic carbocycles. The van der Waals surface area contributed by atoms with E-state index in [0.717, 1.165) is 11.1 Å². The van der Waals surface area contributed by atoms with Gasteiger partial charge in [-0.05, 0) is 67.4 Å². The fourth-order valence-corrected chi connectivity index (χ4v) is 2.45. The summed E-state index contributed by atoms with van der Waals surface area (Å²) in [5.74, 6) is -0.387. The van der Waals surface area contributed by atoms with Gasteiger partial charge in [-0.3, -0.25) is 4.79 Å². The van der Waals surface area contributed by atoms with Crippen molar-refractivity contribution < 1.29 is 9.18 Å². The van der Waals surface area contributed by atoms with Crippen molar-refractivity contribution >= 4 is 23.2 Å². The van der Waals surface area contributed by atoms with E-state index in [1.165, 1.54) is 24.4 Å². The molecular weight excluding hydrogens is 319 g/mol. The van der Waals surface area contributed by atoms with Crippen LogP contribution in [0.15, 0.2) is 54.7 Å². The van der Waals surface area contributed by atoms with E-state index in [4.69, 9.17) is 0 Å². The van der Waals surface area contributed by atoms with Gasteiger partial charge in [0.1, 0.15) is 11.5 Å². The summed E-state index contributed by atoms with van der Waals surface area (Å²) >= 11 is 0. The zero-order chi connectivity index (χ0) is 17.8. The Morgan fingerprint density at radius 2 is 1.64 bits per heavy atom. The Bertz CT molecular complexity index is 889. The van der Waals surface area contributed by atoms with Crippen LogP contribution in [0.25, 0.3) is 0 Å². The quantitative estimate of drug-likeness (QED) is 0.748. The fraction of sp³-hybridized carbons (Fsp3) is 0.105.